The third-order valence-corrected chi connectivity index (χ3v) is 6.30. The van der Waals surface area contributed by atoms with E-state index >= 15 is 0 Å². The van der Waals surface area contributed by atoms with Gasteiger partial charge in [-0.05, 0) is 38.3 Å². The van der Waals surface area contributed by atoms with Crippen LogP contribution >= 0.6 is 0 Å². The average Bonchev–Trinajstić information content (AvgIpc) is 2.98. The average molecular weight is 388 g/mol. The molecule has 2 atom stereocenters. The summed E-state index contributed by atoms with van der Waals surface area (Å²) < 4.78 is 10.7. The first-order valence-electron chi connectivity index (χ1n) is 10.2. The summed E-state index contributed by atoms with van der Waals surface area (Å²) in [6.45, 7) is 9.62. The molecule has 1 aromatic rings. The Kier molecular flexibility index (Phi) is 5.24. The second-order valence-electron chi connectivity index (χ2n) is 9.61. The standard InChI is InChI=1S/C23H33NO4/c1-22(2,3)20(25)24-17-11-9-8-10-14(17)15-12-16(19(27-6)13-18(15)24)23(4,5)21(26)28-7/h12-14,17H,8-11H2,1-7H3/t14-,17-/m0/s1. The van der Waals surface area contributed by atoms with Gasteiger partial charge in [-0.1, -0.05) is 33.6 Å². The molecule has 0 unspecified atom stereocenters. The number of ether oxygens (including phenoxy) is 2. The Labute approximate surface area is 168 Å². The van der Waals surface area contributed by atoms with Crippen molar-refractivity contribution in [2.75, 3.05) is 19.1 Å². The molecule has 5 heteroatoms. The minimum absolute atomic E-state index is 0.144. The number of fused-ring (bicyclic) bond motifs is 3. The lowest BCUT2D eigenvalue weighted by Crippen LogP contribution is -2.45. The van der Waals surface area contributed by atoms with E-state index in [4.69, 9.17) is 9.47 Å². The van der Waals surface area contributed by atoms with Gasteiger partial charge in [0.15, 0.2) is 0 Å². The Hall–Kier alpha value is -2.04. The molecule has 0 N–H and O–H groups in total. The number of rotatable bonds is 3. The van der Waals surface area contributed by atoms with Gasteiger partial charge in [0, 0.05) is 29.0 Å². The van der Waals surface area contributed by atoms with Crippen LogP contribution in [-0.2, 0) is 19.7 Å². The van der Waals surface area contributed by atoms with Crippen molar-refractivity contribution in [3.8, 4) is 5.75 Å². The van der Waals surface area contributed by atoms with Gasteiger partial charge >= 0.3 is 5.97 Å². The van der Waals surface area contributed by atoms with Crippen molar-refractivity contribution in [2.24, 2.45) is 5.41 Å². The second kappa shape index (κ2) is 7.09. The lowest BCUT2D eigenvalue weighted by Gasteiger charge is -2.35. The number of methoxy groups -OCH3 is 2. The minimum atomic E-state index is -0.833. The zero-order chi connectivity index (χ0) is 20.9. The number of hydrogen-bond donors (Lipinski definition) is 0. The van der Waals surface area contributed by atoms with Gasteiger partial charge in [0.05, 0.1) is 25.3 Å². The molecule has 0 saturated heterocycles. The smallest absolute Gasteiger partial charge is 0.315 e. The van der Waals surface area contributed by atoms with E-state index in [0.717, 1.165) is 36.1 Å². The molecule has 0 radical (unpaired) electrons. The van der Waals surface area contributed by atoms with Crippen LogP contribution in [0.5, 0.6) is 5.75 Å². The van der Waals surface area contributed by atoms with E-state index in [1.807, 2.05) is 45.6 Å². The highest BCUT2D eigenvalue weighted by Gasteiger charge is 2.47. The fraction of sp³-hybridized carbons (Fsp3) is 0.652. The lowest BCUT2D eigenvalue weighted by molar-refractivity contribution is -0.146. The summed E-state index contributed by atoms with van der Waals surface area (Å²) in [4.78, 5) is 27.8. The molecule has 2 aliphatic rings. The summed E-state index contributed by atoms with van der Waals surface area (Å²) in [5, 5.41) is 0. The summed E-state index contributed by atoms with van der Waals surface area (Å²) in [5.41, 5.74) is 1.63. The second-order valence-corrected chi connectivity index (χ2v) is 9.61. The van der Waals surface area contributed by atoms with Crippen LogP contribution in [0.3, 0.4) is 0 Å². The number of amides is 1. The van der Waals surface area contributed by atoms with E-state index in [-0.39, 0.29) is 17.9 Å². The number of hydrogen-bond acceptors (Lipinski definition) is 4. The van der Waals surface area contributed by atoms with E-state index in [9.17, 15) is 9.59 Å². The highest BCUT2D eigenvalue weighted by Crippen LogP contribution is 2.52. The summed E-state index contributed by atoms with van der Waals surface area (Å²) >= 11 is 0. The van der Waals surface area contributed by atoms with Gasteiger partial charge in [0.1, 0.15) is 5.75 Å². The maximum atomic E-state index is 13.3. The Morgan fingerprint density at radius 3 is 2.25 bits per heavy atom. The van der Waals surface area contributed by atoms with E-state index in [0.29, 0.717) is 11.7 Å². The molecule has 1 amide bonds. The molecule has 1 aliphatic carbocycles. The van der Waals surface area contributed by atoms with Crippen molar-refractivity contribution in [1.29, 1.82) is 0 Å². The van der Waals surface area contributed by atoms with Crippen LogP contribution in [0.2, 0.25) is 0 Å². The Bertz CT molecular complexity index is 791. The highest BCUT2D eigenvalue weighted by molar-refractivity contribution is 6.00. The first-order valence-corrected chi connectivity index (χ1v) is 10.2. The molecule has 1 aromatic carbocycles. The number of carbonyl (C=O) groups excluding carboxylic acids is 2. The molecule has 1 saturated carbocycles. The Balaban J connectivity index is 2.19. The van der Waals surface area contributed by atoms with Gasteiger partial charge in [-0.3, -0.25) is 9.59 Å². The van der Waals surface area contributed by atoms with Crippen LogP contribution in [0, 0.1) is 5.41 Å². The van der Waals surface area contributed by atoms with Crippen LogP contribution in [-0.4, -0.2) is 32.1 Å². The molecule has 0 spiro atoms. The number of carbonyl (C=O) groups is 2. The molecule has 28 heavy (non-hydrogen) atoms. The van der Waals surface area contributed by atoms with E-state index in [2.05, 4.69) is 6.07 Å². The van der Waals surface area contributed by atoms with E-state index < -0.39 is 10.8 Å². The zero-order valence-corrected chi connectivity index (χ0v) is 18.2. The van der Waals surface area contributed by atoms with Gasteiger partial charge in [-0.2, -0.15) is 0 Å². The maximum Gasteiger partial charge on any atom is 0.315 e. The van der Waals surface area contributed by atoms with Crippen molar-refractivity contribution < 1.29 is 19.1 Å². The van der Waals surface area contributed by atoms with Gasteiger partial charge < -0.3 is 14.4 Å². The summed E-state index contributed by atoms with van der Waals surface area (Å²) in [6, 6.07) is 4.23. The maximum absolute atomic E-state index is 13.3. The highest BCUT2D eigenvalue weighted by atomic mass is 16.5. The van der Waals surface area contributed by atoms with Crippen molar-refractivity contribution in [2.45, 2.75) is 77.7 Å². The van der Waals surface area contributed by atoms with Crippen molar-refractivity contribution in [3.05, 3.63) is 23.3 Å². The van der Waals surface area contributed by atoms with Crippen LogP contribution in [0.1, 0.15) is 77.3 Å². The molecule has 0 bridgehead atoms. The molecule has 1 heterocycles. The first-order chi connectivity index (χ1) is 13.0. The quantitative estimate of drug-likeness (QED) is 0.713. The third kappa shape index (κ3) is 3.19. The summed E-state index contributed by atoms with van der Waals surface area (Å²) in [7, 11) is 3.02. The fourth-order valence-electron chi connectivity index (χ4n) is 4.70. The molecular weight excluding hydrogens is 354 g/mol. The molecule has 1 aliphatic heterocycles. The molecule has 3 rings (SSSR count). The minimum Gasteiger partial charge on any atom is -0.496 e. The van der Waals surface area contributed by atoms with Crippen LogP contribution in [0.4, 0.5) is 5.69 Å². The summed E-state index contributed by atoms with van der Waals surface area (Å²) in [5.74, 6) is 0.782. The third-order valence-electron chi connectivity index (χ3n) is 6.30. The normalized spacial score (nSPS) is 21.8. The predicted octanol–water partition coefficient (Wildman–Crippen LogP) is 4.56. The van der Waals surface area contributed by atoms with Crippen LogP contribution in [0.15, 0.2) is 12.1 Å². The predicted molar refractivity (Wildman–Crippen MR) is 110 cm³/mol. The number of benzene rings is 1. The van der Waals surface area contributed by atoms with Gasteiger partial charge in [-0.25, -0.2) is 0 Å². The number of nitrogens with zero attached hydrogens (tertiary/aromatic N) is 1. The monoisotopic (exact) mass is 387 g/mol. The largest absolute Gasteiger partial charge is 0.496 e. The van der Waals surface area contributed by atoms with Gasteiger partial charge in [-0.15, -0.1) is 0 Å². The first kappa shape index (κ1) is 20.7. The van der Waals surface area contributed by atoms with E-state index in [1.54, 1.807) is 7.11 Å². The van der Waals surface area contributed by atoms with Crippen molar-refractivity contribution in [3.63, 3.8) is 0 Å². The van der Waals surface area contributed by atoms with Crippen LogP contribution in [0.25, 0.3) is 0 Å². The van der Waals surface area contributed by atoms with Crippen molar-refractivity contribution in [1.82, 2.24) is 0 Å². The molecule has 1 fully saturated rings. The topological polar surface area (TPSA) is 55.8 Å². The fourth-order valence-corrected chi connectivity index (χ4v) is 4.70. The molecule has 154 valence electrons. The van der Waals surface area contributed by atoms with Crippen molar-refractivity contribution >= 4 is 17.6 Å². The summed E-state index contributed by atoms with van der Waals surface area (Å²) in [6.07, 6.45) is 4.38. The van der Waals surface area contributed by atoms with Gasteiger partial charge in [0.2, 0.25) is 5.91 Å². The van der Waals surface area contributed by atoms with Crippen LogP contribution < -0.4 is 9.64 Å². The molecule has 0 aromatic heterocycles. The molecule has 5 nitrogen and oxygen atoms in total. The molecular formula is C23H33NO4. The Morgan fingerprint density at radius 1 is 1.04 bits per heavy atom. The van der Waals surface area contributed by atoms with E-state index in [1.165, 1.54) is 13.5 Å². The number of esters is 1. The SMILES string of the molecule is COC(=O)C(C)(C)c1cc2c(cc1OC)N(C(=O)C(C)(C)C)[C@H]1CCCC[C@@H]21. The lowest BCUT2D eigenvalue weighted by atomic mass is 9.78. The zero-order valence-electron chi connectivity index (χ0n) is 18.2. The number of anilines is 1. The van der Waals surface area contributed by atoms with Gasteiger partial charge in [0.25, 0.3) is 0 Å². The Morgan fingerprint density at radius 2 is 1.68 bits per heavy atom.